The van der Waals surface area contributed by atoms with Gasteiger partial charge in [-0.3, -0.25) is 0 Å². The second-order valence-electron chi connectivity index (χ2n) is 0.796. The van der Waals surface area contributed by atoms with Crippen LogP contribution in [0.1, 0.15) is 0 Å². The third-order valence-electron chi connectivity index (χ3n) is 0.173. The molecule has 0 spiro atoms. The van der Waals surface area contributed by atoms with E-state index < -0.39 is 12.9 Å². The van der Waals surface area contributed by atoms with Gasteiger partial charge in [0.15, 0.2) is 17.4 Å². The average Bonchev–Trinajstić information content (AvgIpc) is 1.21. The molecule has 0 unspecified atom stereocenters. The maximum atomic E-state index is 9.47. The van der Waals surface area contributed by atoms with Crippen LogP contribution in [-0.4, -0.2) is 32.2 Å². The summed E-state index contributed by atoms with van der Waals surface area (Å²) in [6.45, 7) is 0. The molecule has 2 N–H and O–H groups in total. The largest absolute Gasteiger partial charge is 0.501 e. The molecule has 0 radical (unpaired) electrons. The van der Waals surface area contributed by atoms with E-state index in [0.717, 1.165) is 0 Å². The molecule has 0 aliphatic rings. The molecule has 0 fully saturated rings. The smallest absolute Gasteiger partial charge is 0.305 e. The molecule has 7 nitrogen and oxygen atoms in total. The fourth-order valence-electron chi connectivity index (χ4n) is 0.0868. The van der Waals surface area contributed by atoms with Gasteiger partial charge in [0.1, 0.15) is 0 Å². The lowest BCUT2D eigenvalue weighted by atomic mass is 13.1. The Morgan fingerprint density at radius 2 is 1.89 bits per heavy atom. The SMILES string of the molecule is O=[N+]([O-])OP(=O)(O)O.[AlH3]. The predicted molar refractivity (Wildman–Crippen MR) is 30.1 cm³/mol. The first-order valence-electron chi connectivity index (χ1n) is 1.31. The van der Waals surface area contributed by atoms with E-state index in [1.54, 1.807) is 0 Å². The lowest BCUT2D eigenvalue weighted by Crippen LogP contribution is -1.96. The minimum absolute atomic E-state index is 0. The van der Waals surface area contributed by atoms with Gasteiger partial charge in [-0.1, -0.05) is 0 Å². The summed E-state index contributed by atoms with van der Waals surface area (Å²) in [5.41, 5.74) is 0. The van der Waals surface area contributed by atoms with Crippen LogP contribution >= 0.6 is 7.82 Å². The van der Waals surface area contributed by atoms with Crippen molar-refractivity contribution in [2.45, 2.75) is 0 Å². The molecule has 0 bridgehead atoms. The topological polar surface area (TPSA) is 110 Å². The van der Waals surface area contributed by atoms with Crippen molar-refractivity contribution < 1.29 is 24.1 Å². The van der Waals surface area contributed by atoms with E-state index in [-0.39, 0.29) is 17.4 Å². The number of nitrogens with zero attached hydrogens (tertiary/aromatic N) is 1. The normalized spacial score (nSPS) is 9.56. The highest BCUT2D eigenvalue weighted by atomic mass is 31.2. The van der Waals surface area contributed by atoms with Gasteiger partial charge in [-0.05, 0) is 0 Å². The first-order chi connectivity index (χ1) is 3.42. The highest BCUT2D eigenvalue weighted by Gasteiger charge is 2.17. The van der Waals surface area contributed by atoms with Crippen LogP contribution in [0.15, 0.2) is 0 Å². The van der Waals surface area contributed by atoms with Crippen molar-refractivity contribution in [1.82, 2.24) is 0 Å². The summed E-state index contributed by atoms with van der Waals surface area (Å²) in [7, 11) is -4.92. The van der Waals surface area contributed by atoms with Crippen LogP contribution in [0.25, 0.3) is 0 Å². The van der Waals surface area contributed by atoms with E-state index in [0.29, 0.717) is 0 Å². The lowest BCUT2D eigenvalue weighted by molar-refractivity contribution is -0.718. The summed E-state index contributed by atoms with van der Waals surface area (Å²) < 4.78 is 12.3. The predicted octanol–water partition coefficient (Wildman–Crippen LogP) is -1.90. The summed E-state index contributed by atoms with van der Waals surface area (Å²) in [4.78, 5) is 24.4. The molecular formula is H5AlNO6P. The van der Waals surface area contributed by atoms with Gasteiger partial charge in [0.05, 0.1) is 0 Å². The molecule has 54 valence electrons. The van der Waals surface area contributed by atoms with Crippen molar-refractivity contribution in [3.63, 3.8) is 0 Å². The van der Waals surface area contributed by atoms with Gasteiger partial charge in [0.2, 0.25) is 0 Å². The Morgan fingerprint density at radius 1 is 1.56 bits per heavy atom. The van der Waals surface area contributed by atoms with Crippen molar-refractivity contribution in [3.05, 3.63) is 10.1 Å². The maximum absolute atomic E-state index is 9.47. The number of hydrogen-bond donors (Lipinski definition) is 2. The van der Waals surface area contributed by atoms with Crippen LogP contribution < -0.4 is 0 Å². The quantitative estimate of drug-likeness (QED) is 0.218. The van der Waals surface area contributed by atoms with E-state index in [2.05, 4.69) is 4.62 Å². The molecular weight excluding hydrogens is 168 g/mol. The molecule has 9 heteroatoms. The Bertz CT molecular complexity index is 136. The van der Waals surface area contributed by atoms with Crippen LogP contribution in [0, 0.1) is 10.1 Å². The van der Waals surface area contributed by atoms with Crippen molar-refractivity contribution in [2.24, 2.45) is 0 Å². The molecule has 0 aromatic heterocycles. The van der Waals surface area contributed by atoms with E-state index in [9.17, 15) is 4.57 Å². The highest BCUT2D eigenvalue weighted by molar-refractivity contribution is 7.46. The van der Waals surface area contributed by atoms with Crippen molar-refractivity contribution in [1.29, 1.82) is 0 Å². The summed E-state index contributed by atoms with van der Waals surface area (Å²) in [6, 6.07) is 0. The molecule has 0 aromatic rings. The average molecular weight is 173 g/mol. The Morgan fingerprint density at radius 3 is 1.89 bits per heavy atom. The molecule has 0 saturated carbocycles. The third kappa shape index (κ3) is 11.4. The Kier molecular flexibility index (Phi) is 4.95. The summed E-state index contributed by atoms with van der Waals surface area (Å²) >= 11 is 0. The van der Waals surface area contributed by atoms with Crippen LogP contribution in [0.4, 0.5) is 0 Å². The van der Waals surface area contributed by atoms with E-state index in [4.69, 9.17) is 19.9 Å². The van der Waals surface area contributed by atoms with Gasteiger partial charge < -0.3 is 9.79 Å². The second-order valence-corrected chi connectivity index (χ2v) is 1.94. The first kappa shape index (κ1) is 11.7. The molecule has 0 aliphatic heterocycles. The molecule has 9 heavy (non-hydrogen) atoms. The summed E-state index contributed by atoms with van der Waals surface area (Å²) in [5, 5.41) is 7.55. The van der Waals surface area contributed by atoms with Gasteiger partial charge in [0, 0.05) is 0 Å². The zero-order valence-electron chi connectivity index (χ0n) is 3.42. The van der Waals surface area contributed by atoms with Crippen molar-refractivity contribution in [3.8, 4) is 0 Å². The third-order valence-corrected chi connectivity index (χ3v) is 0.519. The Hall–Kier alpha value is -0.118. The Labute approximate surface area is 60.1 Å². The first-order valence-corrected chi connectivity index (χ1v) is 2.84. The van der Waals surface area contributed by atoms with Gasteiger partial charge in [-0.25, -0.2) is 4.57 Å². The molecule has 0 heterocycles. The number of rotatable bonds is 2. The van der Waals surface area contributed by atoms with Crippen molar-refractivity contribution in [2.75, 3.05) is 0 Å². The summed E-state index contributed by atoms with van der Waals surface area (Å²) in [5.74, 6) is 0. The second kappa shape index (κ2) is 3.82. The highest BCUT2D eigenvalue weighted by Crippen LogP contribution is 2.35. The van der Waals surface area contributed by atoms with Gasteiger partial charge in [-0.2, -0.15) is 4.62 Å². The number of phosphoric acid groups is 1. The van der Waals surface area contributed by atoms with Crippen LogP contribution in [0.5, 0.6) is 0 Å². The molecule has 0 saturated heterocycles. The van der Waals surface area contributed by atoms with E-state index in [1.165, 1.54) is 0 Å². The van der Waals surface area contributed by atoms with E-state index in [1.807, 2.05) is 0 Å². The van der Waals surface area contributed by atoms with Crippen LogP contribution in [0.2, 0.25) is 0 Å². The molecule has 0 rings (SSSR count). The van der Waals surface area contributed by atoms with Crippen LogP contribution in [0.3, 0.4) is 0 Å². The van der Waals surface area contributed by atoms with Gasteiger partial charge >= 0.3 is 12.9 Å². The van der Waals surface area contributed by atoms with Crippen molar-refractivity contribution >= 4 is 25.2 Å². The zero-order valence-corrected chi connectivity index (χ0v) is 4.32. The zero-order chi connectivity index (χ0) is 6.78. The minimum atomic E-state index is -4.92. The summed E-state index contributed by atoms with van der Waals surface area (Å²) in [6.07, 6.45) is 0. The minimum Gasteiger partial charge on any atom is -0.305 e. The van der Waals surface area contributed by atoms with Gasteiger partial charge in [0.25, 0.3) is 0 Å². The monoisotopic (exact) mass is 173 g/mol. The van der Waals surface area contributed by atoms with Crippen LogP contribution in [-0.2, 0) is 9.19 Å². The maximum Gasteiger partial charge on any atom is 0.501 e. The van der Waals surface area contributed by atoms with Gasteiger partial charge in [-0.15, -0.1) is 10.1 Å². The fourth-order valence-corrected chi connectivity index (χ4v) is 0.261. The Balaban J connectivity index is 0. The molecule has 0 aliphatic carbocycles. The molecule has 0 atom stereocenters. The molecule has 0 aromatic carbocycles. The standard InChI is InChI=1S/Al.H2NO6P.3H/c;2-1(3)7-8(4,5)6;;;/h;(H2,4,5,6);;;. The lowest BCUT2D eigenvalue weighted by Gasteiger charge is -1.95. The fraction of sp³-hybridized carbons (Fsp3) is 0. The number of hydrogen-bond acceptors (Lipinski definition) is 4. The van der Waals surface area contributed by atoms with E-state index >= 15 is 0 Å². The molecule has 0 amide bonds.